The number of anilines is 1. The van der Waals surface area contributed by atoms with E-state index < -0.39 is 0 Å². The lowest BCUT2D eigenvalue weighted by Crippen LogP contribution is -2.08. The lowest BCUT2D eigenvalue weighted by atomic mass is 9.80. The molecule has 1 aliphatic rings. The van der Waals surface area contributed by atoms with E-state index in [4.69, 9.17) is 5.73 Å². The van der Waals surface area contributed by atoms with Gasteiger partial charge in [0, 0.05) is 0 Å². The molecule has 2 heteroatoms. The molecule has 0 heterocycles. The van der Waals surface area contributed by atoms with Crippen LogP contribution in [0.5, 0.6) is 5.75 Å². The number of hydrogen-bond donors (Lipinski definition) is 2. The number of aromatic hydroxyl groups is 1. The number of nitrogen functional groups attached to an aromatic ring is 1. The fourth-order valence-corrected chi connectivity index (χ4v) is 1.56. The van der Waals surface area contributed by atoms with Gasteiger partial charge in [-0.25, -0.2) is 0 Å². The minimum absolute atomic E-state index is 0.222. The van der Waals surface area contributed by atoms with E-state index in [0.29, 0.717) is 11.6 Å². The van der Waals surface area contributed by atoms with E-state index in [1.807, 2.05) is 6.07 Å². The molecule has 3 N–H and O–H groups in total. The average molecular weight is 163 g/mol. The van der Waals surface area contributed by atoms with Crippen LogP contribution >= 0.6 is 0 Å². The first-order valence-corrected chi connectivity index (χ1v) is 4.36. The summed E-state index contributed by atoms with van der Waals surface area (Å²) in [6.07, 6.45) is 3.82. The molecule has 1 saturated carbocycles. The summed E-state index contributed by atoms with van der Waals surface area (Å²) in [5, 5.41) is 9.34. The van der Waals surface area contributed by atoms with Crippen molar-refractivity contribution in [3.05, 3.63) is 23.8 Å². The van der Waals surface area contributed by atoms with Crippen molar-refractivity contribution in [2.24, 2.45) is 0 Å². The number of benzene rings is 1. The first kappa shape index (κ1) is 7.47. The van der Waals surface area contributed by atoms with Crippen molar-refractivity contribution in [3.63, 3.8) is 0 Å². The second-order valence-electron chi connectivity index (χ2n) is 3.45. The molecule has 0 spiro atoms. The highest BCUT2D eigenvalue weighted by molar-refractivity contribution is 5.53. The summed E-state index contributed by atoms with van der Waals surface area (Å²) in [6.45, 7) is 0. The standard InChI is InChI=1S/C10H13NO/c11-9-5-4-8(6-10(9)12)7-2-1-3-7/h4-7,12H,1-3,11H2. The molecule has 0 saturated heterocycles. The van der Waals surface area contributed by atoms with Gasteiger partial charge in [0.05, 0.1) is 5.69 Å². The van der Waals surface area contributed by atoms with Crippen LogP contribution in [0.25, 0.3) is 0 Å². The Morgan fingerprint density at radius 1 is 1.33 bits per heavy atom. The van der Waals surface area contributed by atoms with Crippen LogP contribution < -0.4 is 5.73 Å². The number of rotatable bonds is 1. The van der Waals surface area contributed by atoms with Gasteiger partial charge in [0.1, 0.15) is 5.75 Å². The summed E-state index contributed by atoms with van der Waals surface area (Å²) in [5.74, 6) is 0.885. The first-order valence-electron chi connectivity index (χ1n) is 4.36. The molecule has 0 radical (unpaired) electrons. The monoisotopic (exact) mass is 163 g/mol. The maximum atomic E-state index is 9.34. The van der Waals surface area contributed by atoms with Gasteiger partial charge in [0.25, 0.3) is 0 Å². The van der Waals surface area contributed by atoms with Gasteiger partial charge in [0.15, 0.2) is 0 Å². The van der Waals surface area contributed by atoms with Crippen molar-refractivity contribution >= 4 is 5.69 Å². The molecule has 12 heavy (non-hydrogen) atoms. The predicted octanol–water partition coefficient (Wildman–Crippen LogP) is 2.24. The van der Waals surface area contributed by atoms with Crippen molar-refractivity contribution in [1.82, 2.24) is 0 Å². The molecule has 0 amide bonds. The second-order valence-corrected chi connectivity index (χ2v) is 3.45. The van der Waals surface area contributed by atoms with E-state index in [1.165, 1.54) is 24.8 Å². The van der Waals surface area contributed by atoms with Gasteiger partial charge >= 0.3 is 0 Å². The molecule has 0 aromatic heterocycles. The largest absolute Gasteiger partial charge is 0.506 e. The normalized spacial score (nSPS) is 17.3. The molecule has 0 unspecified atom stereocenters. The molecule has 1 aromatic rings. The first-order chi connectivity index (χ1) is 5.77. The number of nitrogens with two attached hydrogens (primary N) is 1. The topological polar surface area (TPSA) is 46.2 Å². The maximum Gasteiger partial charge on any atom is 0.138 e. The molecule has 1 aliphatic carbocycles. The number of hydrogen-bond acceptors (Lipinski definition) is 2. The van der Waals surface area contributed by atoms with Crippen molar-refractivity contribution in [2.75, 3.05) is 5.73 Å². The van der Waals surface area contributed by atoms with E-state index >= 15 is 0 Å². The molecule has 1 aromatic carbocycles. The molecule has 2 nitrogen and oxygen atoms in total. The summed E-state index contributed by atoms with van der Waals surface area (Å²) in [6, 6.07) is 5.58. The lowest BCUT2D eigenvalue weighted by Gasteiger charge is -2.25. The molecule has 1 fully saturated rings. The molecule has 0 bridgehead atoms. The number of phenols is 1. The van der Waals surface area contributed by atoms with Gasteiger partial charge in [-0.2, -0.15) is 0 Å². The fraction of sp³-hybridized carbons (Fsp3) is 0.400. The summed E-state index contributed by atoms with van der Waals surface area (Å²) < 4.78 is 0. The third kappa shape index (κ3) is 1.13. The van der Waals surface area contributed by atoms with Crippen molar-refractivity contribution in [3.8, 4) is 5.75 Å². The minimum atomic E-state index is 0.222. The van der Waals surface area contributed by atoms with E-state index in [0.717, 1.165) is 0 Å². The maximum absolute atomic E-state index is 9.34. The second kappa shape index (κ2) is 2.70. The van der Waals surface area contributed by atoms with Gasteiger partial charge in [-0.1, -0.05) is 12.5 Å². The minimum Gasteiger partial charge on any atom is -0.506 e. The third-order valence-corrected chi connectivity index (χ3v) is 2.63. The van der Waals surface area contributed by atoms with Crippen LogP contribution in [0.3, 0.4) is 0 Å². The van der Waals surface area contributed by atoms with E-state index in [-0.39, 0.29) is 5.75 Å². The smallest absolute Gasteiger partial charge is 0.138 e. The molecule has 64 valence electrons. The highest BCUT2D eigenvalue weighted by atomic mass is 16.3. The molecule has 2 rings (SSSR count). The van der Waals surface area contributed by atoms with Gasteiger partial charge in [-0.15, -0.1) is 0 Å². The van der Waals surface area contributed by atoms with Crippen LogP contribution in [0.4, 0.5) is 5.69 Å². The van der Waals surface area contributed by atoms with Crippen LogP contribution in [0.1, 0.15) is 30.7 Å². The predicted molar refractivity (Wildman–Crippen MR) is 49.1 cm³/mol. The Balaban J connectivity index is 2.27. The quantitative estimate of drug-likeness (QED) is 0.492. The molecule has 0 aliphatic heterocycles. The van der Waals surface area contributed by atoms with Gasteiger partial charge in [-0.05, 0) is 36.5 Å². The highest BCUT2D eigenvalue weighted by Gasteiger charge is 2.19. The Morgan fingerprint density at radius 2 is 2.08 bits per heavy atom. The van der Waals surface area contributed by atoms with Crippen LogP contribution in [-0.4, -0.2) is 5.11 Å². The Labute approximate surface area is 72.0 Å². The molecular weight excluding hydrogens is 150 g/mol. The summed E-state index contributed by atoms with van der Waals surface area (Å²) in [5.41, 5.74) is 7.20. The third-order valence-electron chi connectivity index (χ3n) is 2.63. The van der Waals surface area contributed by atoms with Crippen LogP contribution in [-0.2, 0) is 0 Å². The van der Waals surface area contributed by atoms with Gasteiger partial charge in [-0.3, -0.25) is 0 Å². The fourth-order valence-electron chi connectivity index (χ4n) is 1.56. The van der Waals surface area contributed by atoms with E-state index in [2.05, 4.69) is 0 Å². The Hall–Kier alpha value is -1.18. The van der Waals surface area contributed by atoms with Crippen molar-refractivity contribution in [1.29, 1.82) is 0 Å². The Kier molecular flexibility index (Phi) is 1.68. The summed E-state index contributed by atoms with van der Waals surface area (Å²) >= 11 is 0. The average Bonchev–Trinajstić information content (AvgIpc) is 1.93. The Morgan fingerprint density at radius 3 is 2.58 bits per heavy atom. The van der Waals surface area contributed by atoms with Crippen LogP contribution in [0, 0.1) is 0 Å². The summed E-state index contributed by atoms with van der Waals surface area (Å²) in [7, 11) is 0. The molecular formula is C10H13NO. The lowest BCUT2D eigenvalue weighted by molar-refractivity contribution is 0.416. The zero-order valence-corrected chi connectivity index (χ0v) is 6.96. The zero-order valence-electron chi connectivity index (χ0n) is 6.96. The van der Waals surface area contributed by atoms with Crippen molar-refractivity contribution in [2.45, 2.75) is 25.2 Å². The van der Waals surface area contributed by atoms with Gasteiger partial charge in [0.2, 0.25) is 0 Å². The van der Waals surface area contributed by atoms with Crippen molar-refractivity contribution < 1.29 is 5.11 Å². The number of phenolic OH excluding ortho intramolecular Hbond substituents is 1. The van der Waals surface area contributed by atoms with Gasteiger partial charge < -0.3 is 10.8 Å². The Bertz CT molecular complexity index is 292. The van der Waals surface area contributed by atoms with E-state index in [9.17, 15) is 5.11 Å². The highest BCUT2D eigenvalue weighted by Crippen LogP contribution is 2.38. The SMILES string of the molecule is Nc1ccc(C2CCC2)cc1O. The van der Waals surface area contributed by atoms with Crippen LogP contribution in [0.2, 0.25) is 0 Å². The van der Waals surface area contributed by atoms with E-state index in [1.54, 1.807) is 12.1 Å². The molecule has 0 atom stereocenters. The zero-order chi connectivity index (χ0) is 8.55. The van der Waals surface area contributed by atoms with Crippen LogP contribution in [0.15, 0.2) is 18.2 Å². The summed E-state index contributed by atoms with van der Waals surface area (Å²) in [4.78, 5) is 0.